The number of nitrogens with zero attached hydrogens (tertiary/aromatic N) is 3. The molecule has 0 fully saturated rings. The van der Waals surface area contributed by atoms with Gasteiger partial charge in [0.25, 0.3) is 5.76 Å². The number of rotatable bonds is 2. The highest BCUT2D eigenvalue weighted by molar-refractivity contribution is 6.28. The van der Waals surface area contributed by atoms with Crippen molar-refractivity contribution < 1.29 is 19.3 Å². The lowest BCUT2D eigenvalue weighted by Gasteiger charge is -2.20. The zero-order valence-corrected chi connectivity index (χ0v) is 12.9. The first-order valence-corrected chi connectivity index (χ1v) is 6.66. The Balaban J connectivity index is 2.43. The molecule has 21 heavy (non-hydrogen) atoms. The molecule has 6 nitrogen and oxygen atoms in total. The number of aliphatic hydroxyl groups is 1. The second-order valence-corrected chi connectivity index (χ2v) is 6.21. The fraction of sp³-hybridized carbons (Fsp3) is 0.400. The minimum atomic E-state index is -0.715. The maximum atomic E-state index is 12.3. The van der Waals surface area contributed by atoms with Crippen LogP contribution in [-0.4, -0.2) is 41.0 Å². The molecule has 1 aromatic heterocycles. The monoisotopic (exact) mass is 290 g/mol. The van der Waals surface area contributed by atoms with E-state index in [0.717, 1.165) is 10.6 Å². The van der Waals surface area contributed by atoms with Crippen molar-refractivity contribution >= 4 is 17.5 Å². The van der Waals surface area contributed by atoms with Crippen molar-refractivity contribution in [2.75, 3.05) is 14.1 Å². The Morgan fingerprint density at radius 1 is 1.10 bits per heavy atom. The van der Waals surface area contributed by atoms with E-state index in [1.165, 1.54) is 9.58 Å². The van der Waals surface area contributed by atoms with Crippen LogP contribution in [0.15, 0.2) is 30.3 Å². The summed E-state index contributed by atoms with van der Waals surface area (Å²) in [6.45, 7) is 6.25. The Hall–Kier alpha value is -2.21. The van der Waals surface area contributed by atoms with Crippen LogP contribution in [0.5, 0.6) is 0 Å². The zero-order chi connectivity index (χ0) is 15.9. The fourth-order valence-corrected chi connectivity index (χ4v) is 2.17. The molecule has 112 valence electrons. The Kier molecular flexibility index (Phi) is 3.59. The number of hydrazine groups is 1. The van der Waals surface area contributed by atoms with Crippen LogP contribution in [0.2, 0.25) is 0 Å². The first kappa shape index (κ1) is 15.2. The van der Waals surface area contributed by atoms with Gasteiger partial charge in [-0.1, -0.05) is 20.8 Å². The number of carbonyl (C=O) groups excluding carboxylic acids is 2. The van der Waals surface area contributed by atoms with Gasteiger partial charge in [0.15, 0.2) is 12.4 Å². The summed E-state index contributed by atoms with van der Waals surface area (Å²) in [6, 6.07) is 3.74. The summed E-state index contributed by atoms with van der Waals surface area (Å²) in [6.07, 6.45) is 3.35. The molecule has 2 rings (SSSR count). The number of hydrogen-bond acceptors (Lipinski definition) is 4. The number of imide groups is 1. The third kappa shape index (κ3) is 2.54. The fourth-order valence-electron chi connectivity index (χ4n) is 2.17. The van der Waals surface area contributed by atoms with Crippen molar-refractivity contribution in [1.82, 2.24) is 10.0 Å². The summed E-state index contributed by atoms with van der Waals surface area (Å²) in [5.74, 6) is -1.80. The van der Waals surface area contributed by atoms with Crippen LogP contribution in [0.4, 0.5) is 0 Å². The molecular weight excluding hydrogens is 270 g/mol. The Bertz CT molecular complexity index is 625. The molecule has 0 unspecified atom stereocenters. The van der Waals surface area contributed by atoms with Gasteiger partial charge in [-0.3, -0.25) is 9.59 Å². The van der Waals surface area contributed by atoms with Crippen LogP contribution in [-0.2, 0) is 15.0 Å². The summed E-state index contributed by atoms with van der Waals surface area (Å²) in [5, 5.41) is 12.2. The largest absolute Gasteiger partial charge is 0.498 e. The number of pyridine rings is 1. The van der Waals surface area contributed by atoms with E-state index >= 15 is 0 Å². The molecule has 0 spiro atoms. The van der Waals surface area contributed by atoms with Crippen LogP contribution in [0.1, 0.15) is 26.3 Å². The lowest BCUT2D eigenvalue weighted by molar-refractivity contribution is -0.578. The average molecular weight is 290 g/mol. The van der Waals surface area contributed by atoms with Crippen LogP contribution in [0, 0.1) is 0 Å². The molecule has 0 aliphatic carbocycles. The lowest BCUT2D eigenvalue weighted by atomic mass is 9.88. The van der Waals surface area contributed by atoms with Crippen molar-refractivity contribution in [3.05, 3.63) is 35.8 Å². The second kappa shape index (κ2) is 4.96. The summed E-state index contributed by atoms with van der Waals surface area (Å²) in [7, 11) is 3.14. The van der Waals surface area contributed by atoms with Crippen LogP contribution < -0.4 is 4.57 Å². The molecule has 1 N–H and O–H groups in total. The number of amides is 2. The summed E-state index contributed by atoms with van der Waals surface area (Å²) < 4.78 is 1.47. The van der Waals surface area contributed by atoms with E-state index in [0.29, 0.717) is 0 Å². The quantitative estimate of drug-likeness (QED) is 0.647. The van der Waals surface area contributed by atoms with Crippen molar-refractivity contribution in [3.63, 3.8) is 0 Å². The summed E-state index contributed by atoms with van der Waals surface area (Å²) in [5.41, 5.74) is 1.05. The molecule has 0 saturated heterocycles. The van der Waals surface area contributed by atoms with Gasteiger partial charge in [-0.15, -0.1) is 0 Å². The molecule has 0 aromatic carbocycles. The van der Waals surface area contributed by atoms with E-state index in [1.807, 2.05) is 12.1 Å². The molecule has 2 heterocycles. The molecule has 1 aliphatic heterocycles. The molecule has 1 aromatic rings. The van der Waals surface area contributed by atoms with Crippen LogP contribution in [0.3, 0.4) is 0 Å². The Morgan fingerprint density at radius 3 is 2.00 bits per heavy atom. The first-order valence-electron chi connectivity index (χ1n) is 6.66. The molecule has 6 heteroatoms. The highest BCUT2D eigenvalue weighted by Crippen LogP contribution is 2.22. The minimum Gasteiger partial charge on any atom is -0.498 e. The standard InChI is InChI=1S/C15H19N3O3/c1-15(2,3)10-6-8-17(9-7-10)11-12(19)14(21)18(13(11)20)16(4)5/h6-9H,1-5H3/p+1. The Labute approximate surface area is 123 Å². The van der Waals surface area contributed by atoms with Gasteiger partial charge in [-0.25, -0.2) is 5.01 Å². The van der Waals surface area contributed by atoms with Gasteiger partial charge in [0.2, 0.25) is 0 Å². The first-order chi connectivity index (χ1) is 9.64. The maximum absolute atomic E-state index is 12.3. The van der Waals surface area contributed by atoms with Gasteiger partial charge in [-0.05, 0) is 11.0 Å². The van der Waals surface area contributed by atoms with Gasteiger partial charge in [0.1, 0.15) is 0 Å². The molecular formula is C15H20N3O3+. The van der Waals surface area contributed by atoms with Gasteiger partial charge >= 0.3 is 17.5 Å². The van der Waals surface area contributed by atoms with E-state index in [9.17, 15) is 14.7 Å². The third-order valence-corrected chi connectivity index (χ3v) is 3.37. The smallest absolute Gasteiger partial charge is 0.345 e. The molecule has 2 amide bonds. The number of hydrogen-bond donors (Lipinski definition) is 1. The third-order valence-electron chi connectivity index (χ3n) is 3.37. The normalized spacial score (nSPS) is 16.4. The van der Waals surface area contributed by atoms with Gasteiger partial charge in [0, 0.05) is 26.2 Å². The molecule has 1 aliphatic rings. The van der Waals surface area contributed by atoms with Crippen molar-refractivity contribution in [2.45, 2.75) is 26.2 Å². The summed E-state index contributed by atoms with van der Waals surface area (Å²) >= 11 is 0. The summed E-state index contributed by atoms with van der Waals surface area (Å²) in [4.78, 5) is 24.2. The average Bonchev–Trinajstić information content (AvgIpc) is 2.59. The predicted molar refractivity (Wildman–Crippen MR) is 76.7 cm³/mol. The van der Waals surface area contributed by atoms with E-state index in [-0.39, 0.29) is 11.1 Å². The predicted octanol–water partition coefficient (Wildman–Crippen LogP) is 0.844. The van der Waals surface area contributed by atoms with Crippen LogP contribution in [0.25, 0.3) is 5.70 Å². The lowest BCUT2D eigenvalue weighted by Crippen LogP contribution is -2.45. The van der Waals surface area contributed by atoms with Gasteiger partial charge in [0.05, 0.1) is 0 Å². The SMILES string of the molecule is CN(C)N1C(=O)C(O)=C([n+]2ccc(C(C)(C)C)cc2)C1=O. The Morgan fingerprint density at radius 2 is 1.62 bits per heavy atom. The molecule has 0 saturated carbocycles. The van der Waals surface area contributed by atoms with Crippen LogP contribution >= 0.6 is 0 Å². The second-order valence-electron chi connectivity index (χ2n) is 6.21. The number of aromatic nitrogens is 1. The number of aliphatic hydroxyl groups excluding tert-OH is 1. The zero-order valence-electron chi connectivity index (χ0n) is 12.9. The van der Waals surface area contributed by atoms with Crippen molar-refractivity contribution in [2.24, 2.45) is 0 Å². The van der Waals surface area contributed by atoms with Gasteiger partial charge < -0.3 is 5.11 Å². The highest BCUT2D eigenvalue weighted by Gasteiger charge is 2.46. The van der Waals surface area contributed by atoms with Crippen molar-refractivity contribution in [1.29, 1.82) is 0 Å². The van der Waals surface area contributed by atoms with E-state index < -0.39 is 17.6 Å². The molecule has 0 bridgehead atoms. The van der Waals surface area contributed by atoms with Crippen molar-refractivity contribution in [3.8, 4) is 0 Å². The van der Waals surface area contributed by atoms with E-state index in [4.69, 9.17) is 0 Å². The highest BCUT2D eigenvalue weighted by atomic mass is 16.3. The number of carbonyl (C=O) groups is 2. The molecule has 0 atom stereocenters. The topological polar surface area (TPSA) is 64.7 Å². The minimum absolute atomic E-state index is 0.0132. The molecule has 0 radical (unpaired) electrons. The van der Waals surface area contributed by atoms with E-state index in [2.05, 4.69) is 20.8 Å². The van der Waals surface area contributed by atoms with Gasteiger partial charge in [-0.2, -0.15) is 9.58 Å². The maximum Gasteiger partial charge on any atom is 0.345 e. The van der Waals surface area contributed by atoms with E-state index in [1.54, 1.807) is 26.5 Å².